The van der Waals surface area contributed by atoms with Crippen molar-refractivity contribution in [1.29, 1.82) is 0 Å². The quantitative estimate of drug-likeness (QED) is 0.255. The minimum atomic E-state index is -0.870. The first-order valence-electron chi connectivity index (χ1n) is 10.8. The molecule has 8 heteroatoms. The highest BCUT2D eigenvalue weighted by molar-refractivity contribution is 6.46. The molecule has 0 spiro atoms. The monoisotopic (exact) mass is 455 g/mol. The Morgan fingerprint density at radius 3 is 2.30 bits per heavy atom. The number of hydrogen-bond acceptors (Lipinski definition) is 7. The predicted octanol–water partition coefficient (Wildman–Crippen LogP) is 4.03. The first-order chi connectivity index (χ1) is 15.9. The molecule has 3 rings (SSSR count). The maximum absolute atomic E-state index is 13.1. The summed E-state index contributed by atoms with van der Waals surface area (Å²) < 4.78 is 15.7. The Bertz CT molecular complexity index is 1080. The summed E-state index contributed by atoms with van der Waals surface area (Å²) in [5.74, 6) is -0.899. The van der Waals surface area contributed by atoms with E-state index in [4.69, 9.17) is 14.2 Å². The number of methoxy groups -OCH3 is 3. The van der Waals surface area contributed by atoms with Crippen LogP contribution < -0.4 is 14.2 Å². The maximum atomic E-state index is 13.1. The van der Waals surface area contributed by atoms with Crippen molar-refractivity contribution < 1.29 is 34.0 Å². The van der Waals surface area contributed by atoms with Crippen LogP contribution in [0.25, 0.3) is 5.76 Å². The molecule has 176 valence electrons. The number of aromatic hydroxyl groups is 1. The highest BCUT2D eigenvalue weighted by Gasteiger charge is 2.46. The maximum Gasteiger partial charge on any atom is 0.295 e. The van der Waals surface area contributed by atoms with Crippen molar-refractivity contribution >= 4 is 17.4 Å². The smallest absolute Gasteiger partial charge is 0.295 e. The van der Waals surface area contributed by atoms with Gasteiger partial charge in [0.2, 0.25) is 0 Å². The lowest BCUT2D eigenvalue weighted by molar-refractivity contribution is -0.139. The van der Waals surface area contributed by atoms with E-state index in [2.05, 4.69) is 0 Å². The lowest BCUT2D eigenvalue weighted by Gasteiger charge is -2.26. The SMILES string of the molecule is CCCCCN1C(=O)C(=O)/C(=C(\O)c2ccc(OC)cc2OC)C1c1ccc(OC)c(O)c1. The van der Waals surface area contributed by atoms with Gasteiger partial charge in [-0.15, -0.1) is 0 Å². The molecule has 1 aliphatic heterocycles. The number of unbranched alkanes of at least 4 members (excludes halogenated alkanes) is 2. The molecule has 0 saturated carbocycles. The molecule has 8 nitrogen and oxygen atoms in total. The fraction of sp³-hybridized carbons (Fsp3) is 0.360. The standard InChI is InChI=1S/C25H29NO7/c1-5-6-7-12-26-22(15-8-11-19(32-3)18(27)13-15)21(24(29)25(26)30)23(28)17-10-9-16(31-2)14-20(17)33-4/h8-11,13-14,22,27-28H,5-7,12H2,1-4H3/b23-21-. The topological polar surface area (TPSA) is 106 Å². The van der Waals surface area contributed by atoms with Crippen LogP contribution in [0.4, 0.5) is 0 Å². The molecule has 2 aromatic carbocycles. The number of carbonyl (C=O) groups excluding carboxylic acids is 2. The van der Waals surface area contributed by atoms with E-state index in [1.165, 1.54) is 32.3 Å². The normalized spacial score (nSPS) is 17.3. The zero-order valence-electron chi connectivity index (χ0n) is 19.3. The number of likely N-dealkylation sites (tertiary alicyclic amines) is 1. The Morgan fingerprint density at radius 2 is 1.70 bits per heavy atom. The summed E-state index contributed by atoms with van der Waals surface area (Å²) in [6.45, 7) is 2.38. The summed E-state index contributed by atoms with van der Waals surface area (Å²) in [4.78, 5) is 27.5. The van der Waals surface area contributed by atoms with Gasteiger partial charge in [0.1, 0.15) is 17.3 Å². The van der Waals surface area contributed by atoms with Crippen LogP contribution in [0, 0.1) is 0 Å². The van der Waals surface area contributed by atoms with Gasteiger partial charge in [0.05, 0.1) is 38.5 Å². The first-order valence-corrected chi connectivity index (χ1v) is 10.8. The molecule has 1 saturated heterocycles. The Hall–Kier alpha value is -3.68. The molecule has 0 aromatic heterocycles. The van der Waals surface area contributed by atoms with Crippen LogP contribution in [-0.2, 0) is 9.59 Å². The van der Waals surface area contributed by atoms with Crippen molar-refractivity contribution in [3.05, 3.63) is 53.1 Å². The number of hydrogen-bond donors (Lipinski definition) is 2. The summed E-state index contributed by atoms with van der Waals surface area (Å²) in [5.41, 5.74) is 0.676. The van der Waals surface area contributed by atoms with E-state index in [1.807, 2.05) is 6.92 Å². The van der Waals surface area contributed by atoms with E-state index < -0.39 is 17.7 Å². The number of aliphatic hydroxyl groups excluding tert-OH is 1. The van der Waals surface area contributed by atoms with Gasteiger partial charge in [-0.2, -0.15) is 0 Å². The van der Waals surface area contributed by atoms with Crippen molar-refractivity contribution in [1.82, 2.24) is 4.90 Å². The summed E-state index contributed by atoms with van der Waals surface area (Å²) in [5, 5.41) is 21.6. The molecule has 1 aliphatic rings. The van der Waals surface area contributed by atoms with Gasteiger partial charge in [0.25, 0.3) is 11.7 Å². The number of amides is 1. The van der Waals surface area contributed by atoms with Gasteiger partial charge in [-0.1, -0.05) is 25.8 Å². The third-order valence-corrected chi connectivity index (χ3v) is 5.72. The van der Waals surface area contributed by atoms with Crippen LogP contribution in [0.2, 0.25) is 0 Å². The van der Waals surface area contributed by atoms with Crippen LogP contribution in [0.1, 0.15) is 43.4 Å². The minimum absolute atomic E-state index is 0.0652. The van der Waals surface area contributed by atoms with E-state index in [-0.39, 0.29) is 28.4 Å². The van der Waals surface area contributed by atoms with Crippen molar-refractivity contribution in [3.63, 3.8) is 0 Å². The highest BCUT2D eigenvalue weighted by atomic mass is 16.5. The van der Waals surface area contributed by atoms with Crippen LogP contribution in [0.5, 0.6) is 23.0 Å². The number of ether oxygens (including phenoxy) is 3. The number of nitrogens with zero attached hydrogens (tertiary/aromatic N) is 1. The molecular weight excluding hydrogens is 426 g/mol. The van der Waals surface area contributed by atoms with E-state index in [0.717, 1.165) is 12.8 Å². The number of phenols is 1. The van der Waals surface area contributed by atoms with Gasteiger partial charge in [-0.25, -0.2) is 0 Å². The van der Waals surface area contributed by atoms with Crippen LogP contribution in [-0.4, -0.2) is 54.7 Å². The fourth-order valence-corrected chi connectivity index (χ4v) is 4.01. The molecular formula is C25H29NO7. The summed E-state index contributed by atoms with van der Waals surface area (Å²) in [7, 11) is 4.38. The third kappa shape index (κ3) is 4.60. The Labute approximate surface area is 193 Å². The largest absolute Gasteiger partial charge is 0.507 e. The number of benzene rings is 2. The lowest BCUT2D eigenvalue weighted by atomic mass is 9.94. The summed E-state index contributed by atoms with van der Waals surface area (Å²) in [6.07, 6.45) is 2.53. The van der Waals surface area contributed by atoms with Gasteiger partial charge >= 0.3 is 0 Å². The highest BCUT2D eigenvalue weighted by Crippen LogP contribution is 2.43. The number of aliphatic hydroxyl groups is 1. The van der Waals surface area contributed by atoms with Gasteiger partial charge in [0, 0.05) is 12.6 Å². The number of carbonyl (C=O) groups is 2. The van der Waals surface area contributed by atoms with E-state index in [1.54, 1.807) is 30.3 Å². The number of Topliss-reactive ketones (excluding diaryl/α,β-unsaturated/α-hetero) is 1. The minimum Gasteiger partial charge on any atom is -0.507 e. The average Bonchev–Trinajstić information content (AvgIpc) is 3.08. The lowest BCUT2D eigenvalue weighted by Crippen LogP contribution is -2.30. The first kappa shape index (κ1) is 24.0. The predicted molar refractivity (Wildman–Crippen MR) is 123 cm³/mol. The molecule has 2 N–H and O–H groups in total. The van der Waals surface area contributed by atoms with E-state index >= 15 is 0 Å². The molecule has 0 aliphatic carbocycles. The zero-order chi connectivity index (χ0) is 24.1. The number of rotatable bonds is 9. The molecule has 1 fully saturated rings. The number of ketones is 1. The average molecular weight is 456 g/mol. The van der Waals surface area contributed by atoms with Crippen LogP contribution in [0.3, 0.4) is 0 Å². The van der Waals surface area contributed by atoms with Crippen molar-refractivity contribution in [2.45, 2.75) is 32.2 Å². The second-order valence-electron chi connectivity index (χ2n) is 7.70. The van der Waals surface area contributed by atoms with Gasteiger partial charge in [-0.3, -0.25) is 9.59 Å². The molecule has 1 amide bonds. The molecule has 0 radical (unpaired) electrons. The van der Waals surface area contributed by atoms with Crippen LogP contribution in [0.15, 0.2) is 42.0 Å². The van der Waals surface area contributed by atoms with Crippen LogP contribution >= 0.6 is 0 Å². The Balaban J connectivity index is 2.19. The Morgan fingerprint density at radius 1 is 0.970 bits per heavy atom. The van der Waals surface area contributed by atoms with Crippen molar-refractivity contribution in [3.8, 4) is 23.0 Å². The molecule has 33 heavy (non-hydrogen) atoms. The fourth-order valence-electron chi connectivity index (χ4n) is 4.01. The van der Waals surface area contributed by atoms with Crippen molar-refractivity contribution in [2.75, 3.05) is 27.9 Å². The number of phenolic OH excluding ortho intramolecular Hbond substituents is 1. The summed E-state index contributed by atoms with van der Waals surface area (Å²) in [6, 6.07) is 8.58. The molecule has 1 unspecified atom stereocenters. The van der Waals surface area contributed by atoms with Crippen molar-refractivity contribution in [2.24, 2.45) is 0 Å². The molecule has 0 bridgehead atoms. The Kier molecular flexibility index (Phi) is 7.48. The third-order valence-electron chi connectivity index (χ3n) is 5.72. The second-order valence-corrected chi connectivity index (χ2v) is 7.70. The van der Waals surface area contributed by atoms with E-state index in [0.29, 0.717) is 30.0 Å². The molecule has 2 aromatic rings. The van der Waals surface area contributed by atoms with Gasteiger partial charge in [0.15, 0.2) is 11.5 Å². The second kappa shape index (κ2) is 10.3. The van der Waals surface area contributed by atoms with Gasteiger partial charge in [-0.05, 0) is 36.2 Å². The molecule has 1 heterocycles. The zero-order valence-corrected chi connectivity index (χ0v) is 19.3. The summed E-state index contributed by atoms with van der Waals surface area (Å²) >= 11 is 0. The van der Waals surface area contributed by atoms with Gasteiger partial charge < -0.3 is 29.3 Å². The van der Waals surface area contributed by atoms with E-state index in [9.17, 15) is 19.8 Å². The molecule has 1 atom stereocenters.